The first-order chi connectivity index (χ1) is 11.5. The van der Waals surface area contributed by atoms with Gasteiger partial charge in [0.05, 0.1) is 5.92 Å². The number of aromatic amines is 1. The molecule has 1 aromatic heterocycles. The van der Waals surface area contributed by atoms with E-state index < -0.39 is 11.9 Å². The zero-order valence-corrected chi connectivity index (χ0v) is 14.6. The Morgan fingerprint density at radius 1 is 1.12 bits per heavy atom. The number of aryl methyl sites for hydroxylation is 1. The van der Waals surface area contributed by atoms with E-state index in [-0.39, 0.29) is 12.2 Å². The molecule has 122 valence electrons. The number of Topliss-reactive ketones (excluding diaryl/α,β-unsaturated/α-hetero) is 1. The van der Waals surface area contributed by atoms with E-state index in [0.29, 0.717) is 11.1 Å². The summed E-state index contributed by atoms with van der Waals surface area (Å²) >= 11 is 3.33. The van der Waals surface area contributed by atoms with Crippen LogP contribution in [0.25, 0.3) is 10.9 Å². The summed E-state index contributed by atoms with van der Waals surface area (Å²) in [5.74, 6) is -2.05. The van der Waals surface area contributed by atoms with Crippen molar-refractivity contribution in [2.45, 2.75) is 19.3 Å². The van der Waals surface area contributed by atoms with Crippen molar-refractivity contribution in [1.82, 2.24) is 4.98 Å². The number of carboxylic acid groups (broad SMARTS) is 1. The fourth-order valence-electron chi connectivity index (χ4n) is 3.00. The topological polar surface area (TPSA) is 70.2 Å². The predicted octanol–water partition coefficient (Wildman–Crippen LogP) is 4.68. The fourth-order valence-corrected chi connectivity index (χ4v) is 3.26. The molecule has 0 amide bonds. The Labute approximate surface area is 147 Å². The molecular weight excluding hydrogens is 370 g/mol. The second-order valence-electron chi connectivity index (χ2n) is 5.73. The van der Waals surface area contributed by atoms with Gasteiger partial charge in [0.15, 0.2) is 5.78 Å². The van der Waals surface area contributed by atoms with Crippen molar-refractivity contribution in [2.75, 3.05) is 0 Å². The van der Waals surface area contributed by atoms with Crippen LogP contribution in [0.3, 0.4) is 0 Å². The summed E-state index contributed by atoms with van der Waals surface area (Å²) in [5.41, 5.74) is 2.87. The zero-order valence-electron chi connectivity index (χ0n) is 13.0. The van der Waals surface area contributed by atoms with E-state index in [1.807, 2.05) is 31.2 Å². The number of hydrogen-bond donors (Lipinski definition) is 2. The Balaban J connectivity index is 1.98. The first-order valence-electron chi connectivity index (χ1n) is 7.56. The van der Waals surface area contributed by atoms with Gasteiger partial charge in [-0.1, -0.05) is 46.3 Å². The van der Waals surface area contributed by atoms with Crippen molar-refractivity contribution in [1.29, 1.82) is 0 Å². The number of nitrogens with one attached hydrogen (secondary N) is 1. The number of carboxylic acids is 1. The average Bonchev–Trinajstić information content (AvgIpc) is 2.88. The van der Waals surface area contributed by atoms with E-state index in [4.69, 9.17) is 0 Å². The lowest BCUT2D eigenvalue weighted by Crippen LogP contribution is -2.17. The number of para-hydroxylation sites is 1. The highest BCUT2D eigenvalue weighted by molar-refractivity contribution is 9.10. The molecule has 24 heavy (non-hydrogen) atoms. The van der Waals surface area contributed by atoms with Crippen LogP contribution in [-0.4, -0.2) is 21.8 Å². The maximum Gasteiger partial charge on any atom is 0.311 e. The summed E-state index contributed by atoms with van der Waals surface area (Å²) in [6, 6.07) is 14.5. The quantitative estimate of drug-likeness (QED) is 0.626. The molecule has 0 spiro atoms. The number of rotatable bonds is 5. The molecular formula is C19H16BrNO3. The summed E-state index contributed by atoms with van der Waals surface area (Å²) in [6.07, 6.45) is -0.0698. The van der Waals surface area contributed by atoms with Crippen LogP contribution in [0.15, 0.2) is 53.0 Å². The number of H-pyrrole nitrogens is 1. The van der Waals surface area contributed by atoms with Crippen molar-refractivity contribution in [3.05, 3.63) is 69.8 Å². The number of hydrogen-bond acceptors (Lipinski definition) is 2. The second kappa shape index (κ2) is 6.61. The maximum atomic E-state index is 12.5. The largest absolute Gasteiger partial charge is 0.481 e. The van der Waals surface area contributed by atoms with Crippen molar-refractivity contribution in [3.63, 3.8) is 0 Å². The number of halogens is 1. The highest BCUT2D eigenvalue weighted by Crippen LogP contribution is 2.32. The van der Waals surface area contributed by atoms with Gasteiger partial charge in [0.1, 0.15) is 0 Å². The number of fused-ring (bicyclic) bond motifs is 1. The van der Waals surface area contributed by atoms with Crippen LogP contribution in [0.4, 0.5) is 0 Å². The molecule has 0 aliphatic heterocycles. The van der Waals surface area contributed by atoms with Crippen molar-refractivity contribution >= 4 is 38.6 Å². The van der Waals surface area contributed by atoms with Crippen LogP contribution in [0, 0.1) is 6.92 Å². The molecule has 0 aliphatic carbocycles. The Kier molecular flexibility index (Phi) is 4.53. The monoisotopic (exact) mass is 385 g/mol. The third-order valence-corrected chi connectivity index (χ3v) is 4.67. The molecule has 0 bridgehead atoms. The lowest BCUT2D eigenvalue weighted by atomic mass is 9.89. The normalized spacial score (nSPS) is 12.2. The van der Waals surface area contributed by atoms with E-state index in [2.05, 4.69) is 20.9 Å². The smallest absolute Gasteiger partial charge is 0.311 e. The molecule has 1 atom stereocenters. The minimum Gasteiger partial charge on any atom is -0.481 e. The van der Waals surface area contributed by atoms with Crippen LogP contribution in [0.2, 0.25) is 0 Å². The van der Waals surface area contributed by atoms with E-state index >= 15 is 0 Å². The van der Waals surface area contributed by atoms with Crippen LogP contribution in [0.1, 0.15) is 34.0 Å². The number of benzene rings is 2. The highest BCUT2D eigenvalue weighted by Gasteiger charge is 2.28. The van der Waals surface area contributed by atoms with Crippen molar-refractivity contribution in [3.8, 4) is 0 Å². The van der Waals surface area contributed by atoms with Crippen molar-refractivity contribution in [2.24, 2.45) is 0 Å². The lowest BCUT2D eigenvalue weighted by molar-refractivity contribution is -0.138. The second-order valence-corrected chi connectivity index (χ2v) is 6.65. The Bertz CT molecular complexity index is 912. The van der Waals surface area contributed by atoms with Crippen LogP contribution >= 0.6 is 15.9 Å². The minimum atomic E-state index is -0.992. The zero-order chi connectivity index (χ0) is 17.3. The van der Waals surface area contributed by atoms with Gasteiger partial charge in [-0.15, -0.1) is 0 Å². The van der Waals surface area contributed by atoms with E-state index in [1.165, 1.54) is 0 Å². The molecule has 2 N–H and O–H groups in total. The van der Waals surface area contributed by atoms with Crippen LogP contribution in [-0.2, 0) is 4.79 Å². The highest BCUT2D eigenvalue weighted by atomic mass is 79.9. The molecule has 5 heteroatoms. The lowest BCUT2D eigenvalue weighted by Gasteiger charge is -2.13. The number of carbonyl (C=O) groups is 2. The first-order valence-corrected chi connectivity index (χ1v) is 8.35. The predicted molar refractivity (Wildman–Crippen MR) is 96.5 cm³/mol. The maximum absolute atomic E-state index is 12.5. The third-order valence-electron chi connectivity index (χ3n) is 4.15. The molecule has 0 saturated heterocycles. The van der Waals surface area contributed by atoms with E-state index in [9.17, 15) is 14.7 Å². The molecule has 0 unspecified atom stereocenters. The summed E-state index contributed by atoms with van der Waals surface area (Å²) in [6.45, 7) is 1.84. The Hall–Kier alpha value is -2.40. The molecule has 0 aliphatic rings. The minimum absolute atomic E-state index is 0.0698. The number of aromatic nitrogens is 1. The van der Waals surface area contributed by atoms with Gasteiger partial charge in [0, 0.05) is 33.1 Å². The van der Waals surface area contributed by atoms with Gasteiger partial charge in [-0.3, -0.25) is 9.59 Å². The molecule has 3 rings (SSSR count). The van der Waals surface area contributed by atoms with Gasteiger partial charge >= 0.3 is 5.97 Å². The van der Waals surface area contributed by atoms with Gasteiger partial charge in [-0.05, 0) is 30.7 Å². The molecule has 2 aromatic carbocycles. The molecule has 4 nitrogen and oxygen atoms in total. The molecule has 1 heterocycles. The fraction of sp³-hybridized carbons (Fsp3) is 0.158. The van der Waals surface area contributed by atoms with E-state index in [1.54, 1.807) is 24.3 Å². The number of carbonyl (C=O) groups excluding carboxylic acids is 1. The number of ketones is 1. The van der Waals surface area contributed by atoms with Crippen LogP contribution < -0.4 is 0 Å². The van der Waals surface area contributed by atoms with Crippen molar-refractivity contribution < 1.29 is 14.7 Å². The van der Waals surface area contributed by atoms with Gasteiger partial charge in [0.2, 0.25) is 0 Å². The van der Waals surface area contributed by atoms with E-state index in [0.717, 1.165) is 21.1 Å². The third kappa shape index (κ3) is 3.12. The van der Waals surface area contributed by atoms with Gasteiger partial charge < -0.3 is 10.1 Å². The Morgan fingerprint density at radius 2 is 1.79 bits per heavy atom. The molecule has 3 aromatic rings. The Morgan fingerprint density at radius 3 is 2.46 bits per heavy atom. The van der Waals surface area contributed by atoms with Gasteiger partial charge in [-0.2, -0.15) is 0 Å². The molecule has 0 fully saturated rings. The number of aliphatic carboxylic acids is 1. The summed E-state index contributed by atoms with van der Waals surface area (Å²) in [5, 5.41) is 10.5. The first kappa shape index (κ1) is 16.5. The summed E-state index contributed by atoms with van der Waals surface area (Å²) < 4.78 is 0.876. The summed E-state index contributed by atoms with van der Waals surface area (Å²) in [7, 11) is 0. The average molecular weight is 386 g/mol. The standard InChI is InChI=1S/C19H16BrNO3/c1-11-18(14-4-2-3-5-16(14)21-11)15(19(23)24)10-17(22)12-6-8-13(20)9-7-12/h2-9,15,21H,10H2,1H3,(H,23,24)/t15-/m1/s1. The SMILES string of the molecule is Cc1[nH]c2ccccc2c1[C@@H](CC(=O)c1ccc(Br)cc1)C(=O)O. The molecule has 0 radical (unpaired) electrons. The van der Waals surface area contributed by atoms with Gasteiger partial charge in [-0.25, -0.2) is 0 Å². The van der Waals surface area contributed by atoms with Gasteiger partial charge in [0.25, 0.3) is 0 Å². The molecule has 0 saturated carbocycles. The summed E-state index contributed by atoms with van der Waals surface area (Å²) in [4.78, 5) is 27.6. The van der Waals surface area contributed by atoms with Crippen LogP contribution in [0.5, 0.6) is 0 Å².